The minimum Gasteiger partial charge on any atom is -0.385 e. The van der Waals surface area contributed by atoms with Gasteiger partial charge < -0.3 is 20.3 Å². The lowest BCUT2D eigenvalue weighted by molar-refractivity contribution is 0.185. The summed E-state index contributed by atoms with van der Waals surface area (Å²) in [6, 6.07) is 3.59. The molecule has 1 aromatic rings. The van der Waals surface area contributed by atoms with Crippen molar-refractivity contribution >= 4 is 17.5 Å². The van der Waals surface area contributed by atoms with Crippen LogP contribution >= 0.6 is 0 Å². The molecular formula is C15H24N4O2. The van der Waals surface area contributed by atoms with Crippen molar-refractivity contribution in [1.29, 1.82) is 0 Å². The van der Waals surface area contributed by atoms with Gasteiger partial charge in [0.1, 0.15) is 0 Å². The Balaban J connectivity index is 1.94. The summed E-state index contributed by atoms with van der Waals surface area (Å²) in [6.45, 7) is 4.59. The van der Waals surface area contributed by atoms with Gasteiger partial charge in [0.05, 0.1) is 5.69 Å². The molecule has 1 aliphatic rings. The lowest BCUT2D eigenvalue weighted by Crippen LogP contribution is -2.37. The molecule has 2 N–H and O–H groups in total. The van der Waals surface area contributed by atoms with Crippen LogP contribution in [-0.4, -0.2) is 43.9 Å². The maximum Gasteiger partial charge on any atom is 0.319 e. The van der Waals surface area contributed by atoms with Crippen LogP contribution in [0, 0.1) is 0 Å². The standard InChI is InChI=1S/C15H24N4O2/c1-12(7-11-21-2)17-15(20)18-13-6-5-8-16-14(13)19-9-3-4-10-19/h5-6,8,12H,3-4,7,9-11H2,1-2H3,(H2,17,18,20). The monoisotopic (exact) mass is 292 g/mol. The van der Waals surface area contributed by atoms with Crippen molar-refractivity contribution in [2.75, 3.05) is 37.0 Å². The molecule has 2 amide bonds. The number of nitrogens with one attached hydrogen (secondary N) is 2. The van der Waals surface area contributed by atoms with E-state index in [9.17, 15) is 4.79 Å². The number of rotatable bonds is 6. The summed E-state index contributed by atoms with van der Waals surface area (Å²) in [5.41, 5.74) is 0.760. The smallest absolute Gasteiger partial charge is 0.319 e. The Morgan fingerprint density at radius 3 is 2.95 bits per heavy atom. The number of hydrogen-bond acceptors (Lipinski definition) is 4. The molecule has 0 saturated carbocycles. The van der Waals surface area contributed by atoms with Crippen LogP contribution in [0.15, 0.2) is 18.3 Å². The summed E-state index contributed by atoms with van der Waals surface area (Å²) >= 11 is 0. The van der Waals surface area contributed by atoms with Gasteiger partial charge in [0.15, 0.2) is 5.82 Å². The molecule has 2 rings (SSSR count). The average molecular weight is 292 g/mol. The first-order valence-electron chi connectivity index (χ1n) is 7.47. The Hall–Kier alpha value is -1.82. The van der Waals surface area contributed by atoms with Crippen LogP contribution in [0.1, 0.15) is 26.2 Å². The topological polar surface area (TPSA) is 66.5 Å². The van der Waals surface area contributed by atoms with Gasteiger partial charge in [0.25, 0.3) is 0 Å². The summed E-state index contributed by atoms with van der Waals surface area (Å²) in [6.07, 6.45) is 4.90. The van der Waals surface area contributed by atoms with E-state index in [1.807, 2.05) is 19.1 Å². The van der Waals surface area contributed by atoms with Gasteiger partial charge in [-0.3, -0.25) is 0 Å². The number of methoxy groups -OCH3 is 1. The van der Waals surface area contributed by atoms with Gasteiger partial charge in [-0.2, -0.15) is 0 Å². The fraction of sp³-hybridized carbons (Fsp3) is 0.600. The van der Waals surface area contributed by atoms with Gasteiger partial charge >= 0.3 is 6.03 Å². The number of carbonyl (C=O) groups excluding carboxylic acids is 1. The number of hydrogen-bond donors (Lipinski definition) is 2. The van der Waals surface area contributed by atoms with Crippen molar-refractivity contribution < 1.29 is 9.53 Å². The Morgan fingerprint density at radius 1 is 1.48 bits per heavy atom. The maximum atomic E-state index is 12.0. The van der Waals surface area contributed by atoms with E-state index in [2.05, 4.69) is 20.5 Å². The summed E-state index contributed by atoms with van der Waals surface area (Å²) in [4.78, 5) is 18.7. The molecule has 1 aliphatic heterocycles. The first-order chi connectivity index (χ1) is 10.2. The molecule has 1 atom stereocenters. The van der Waals surface area contributed by atoms with E-state index >= 15 is 0 Å². The summed E-state index contributed by atoms with van der Waals surface area (Å²) in [7, 11) is 1.66. The number of amides is 2. The number of carbonyl (C=O) groups is 1. The Kier molecular flexibility index (Phi) is 5.80. The predicted octanol–water partition coefficient (Wildman–Crippen LogP) is 2.23. The lowest BCUT2D eigenvalue weighted by atomic mass is 10.2. The molecular weight excluding hydrogens is 268 g/mol. The van der Waals surface area contributed by atoms with E-state index in [0.717, 1.165) is 31.0 Å². The van der Waals surface area contributed by atoms with Gasteiger partial charge in [0.2, 0.25) is 0 Å². The molecule has 21 heavy (non-hydrogen) atoms. The zero-order chi connectivity index (χ0) is 15.1. The predicted molar refractivity (Wildman–Crippen MR) is 83.8 cm³/mol. The van der Waals surface area contributed by atoms with Crippen LogP contribution in [0.3, 0.4) is 0 Å². The van der Waals surface area contributed by atoms with Gasteiger partial charge in [-0.25, -0.2) is 9.78 Å². The molecule has 0 radical (unpaired) electrons. The maximum absolute atomic E-state index is 12.0. The molecule has 116 valence electrons. The molecule has 2 heterocycles. The fourth-order valence-corrected chi connectivity index (χ4v) is 2.42. The van der Waals surface area contributed by atoms with Gasteiger partial charge in [-0.15, -0.1) is 0 Å². The molecule has 0 spiro atoms. The first-order valence-corrected chi connectivity index (χ1v) is 7.47. The van der Waals surface area contributed by atoms with E-state index < -0.39 is 0 Å². The van der Waals surface area contributed by atoms with Gasteiger partial charge in [-0.05, 0) is 38.3 Å². The zero-order valence-electron chi connectivity index (χ0n) is 12.8. The number of ether oxygens (including phenoxy) is 1. The second-order valence-electron chi connectivity index (χ2n) is 5.35. The van der Waals surface area contributed by atoms with Crippen molar-refractivity contribution in [1.82, 2.24) is 10.3 Å². The number of nitrogens with zero attached hydrogens (tertiary/aromatic N) is 2. The highest BCUT2D eigenvalue weighted by Gasteiger charge is 2.18. The summed E-state index contributed by atoms with van der Waals surface area (Å²) < 4.78 is 5.01. The van der Waals surface area contributed by atoms with Crippen molar-refractivity contribution in [3.8, 4) is 0 Å². The third-order valence-corrected chi connectivity index (χ3v) is 3.57. The molecule has 1 fully saturated rings. The summed E-state index contributed by atoms with van der Waals surface area (Å²) in [5.74, 6) is 0.856. The zero-order valence-corrected chi connectivity index (χ0v) is 12.8. The quantitative estimate of drug-likeness (QED) is 0.844. The van der Waals surface area contributed by atoms with E-state index in [1.165, 1.54) is 12.8 Å². The number of urea groups is 1. The minimum atomic E-state index is -0.202. The average Bonchev–Trinajstić information content (AvgIpc) is 2.99. The van der Waals surface area contributed by atoms with E-state index in [0.29, 0.717) is 6.61 Å². The van der Waals surface area contributed by atoms with Crippen LogP contribution in [0.2, 0.25) is 0 Å². The molecule has 0 bridgehead atoms. The number of anilines is 2. The van der Waals surface area contributed by atoms with Gasteiger partial charge in [0, 0.05) is 39.0 Å². The van der Waals surface area contributed by atoms with Crippen molar-refractivity contribution in [3.05, 3.63) is 18.3 Å². The van der Waals surface area contributed by atoms with Crippen LogP contribution in [0.5, 0.6) is 0 Å². The molecule has 1 aromatic heterocycles. The Bertz CT molecular complexity index is 461. The second-order valence-corrected chi connectivity index (χ2v) is 5.35. The van der Waals surface area contributed by atoms with Crippen LogP contribution in [0.4, 0.5) is 16.3 Å². The SMILES string of the molecule is COCCC(C)NC(=O)Nc1cccnc1N1CCCC1. The molecule has 1 saturated heterocycles. The van der Waals surface area contributed by atoms with E-state index in [-0.39, 0.29) is 12.1 Å². The van der Waals surface area contributed by atoms with Gasteiger partial charge in [-0.1, -0.05) is 0 Å². The summed E-state index contributed by atoms with van der Waals surface area (Å²) in [5, 5.41) is 5.80. The highest BCUT2D eigenvalue weighted by atomic mass is 16.5. The first kappa shape index (κ1) is 15.6. The van der Waals surface area contributed by atoms with Crippen molar-refractivity contribution in [3.63, 3.8) is 0 Å². The third-order valence-electron chi connectivity index (χ3n) is 3.57. The number of pyridine rings is 1. The van der Waals surface area contributed by atoms with Crippen molar-refractivity contribution in [2.24, 2.45) is 0 Å². The molecule has 0 aliphatic carbocycles. The normalized spacial score (nSPS) is 15.8. The van der Waals surface area contributed by atoms with E-state index in [4.69, 9.17) is 4.74 Å². The van der Waals surface area contributed by atoms with Crippen LogP contribution in [-0.2, 0) is 4.74 Å². The fourth-order valence-electron chi connectivity index (χ4n) is 2.42. The third kappa shape index (κ3) is 4.60. The molecule has 6 heteroatoms. The molecule has 0 aromatic carbocycles. The Labute approximate surface area is 125 Å². The lowest BCUT2D eigenvalue weighted by Gasteiger charge is -2.21. The molecule has 1 unspecified atom stereocenters. The van der Waals surface area contributed by atoms with Crippen LogP contribution in [0.25, 0.3) is 0 Å². The minimum absolute atomic E-state index is 0.0665. The van der Waals surface area contributed by atoms with E-state index in [1.54, 1.807) is 13.3 Å². The van der Waals surface area contributed by atoms with Crippen molar-refractivity contribution in [2.45, 2.75) is 32.2 Å². The highest BCUT2D eigenvalue weighted by Crippen LogP contribution is 2.25. The Morgan fingerprint density at radius 2 is 2.24 bits per heavy atom. The molecule has 6 nitrogen and oxygen atoms in total. The highest BCUT2D eigenvalue weighted by molar-refractivity contribution is 5.92. The largest absolute Gasteiger partial charge is 0.385 e. The second kappa shape index (κ2) is 7.83. The number of aromatic nitrogens is 1. The van der Waals surface area contributed by atoms with Crippen LogP contribution < -0.4 is 15.5 Å².